The van der Waals surface area contributed by atoms with Crippen LogP contribution in [-0.4, -0.2) is 4.92 Å². The molecule has 2 rings (SSSR count). The summed E-state index contributed by atoms with van der Waals surface area (Å²) in [5, 5.41) is 10.3. The zero-order valence-electron chi connectivity index (χ0n) is 9.54. The molecule has 1 atom stereocenters. The van der Waals surface area contributed by atoms with Gasteiger partial charge in [0, 0.05) is 12.0 Å². The van der Waals surface area contributed by atoms with Crippen LogP contribution >= 0.6 is 0 Å². The fourth-order valence-electron chi connectivity index (χ4n) is 1.88. The smallest absolute Gasteiger partial charge is 0.234 e. The highest BCUT2D eigenvalue weighted by Gasteiger charge is 2.15. The van der Waals surface area contributed by atoms with Crippen LogP contribution in [0.3, 0.4) is 0 Å². The minimum Gasteiger partial charge on any atom is -0.259 e. The molecule has 0 aliphatic heterocycles. The predicted octanol–water partition coefficient (Wildman–Crippen LogP) is 3.37. The van der Waals surface area contributed by atoms with Gasteiger partial charge in [0.1, 0.15) is 0 Å². The van der Waals surface area contributed by atoms with Gasteiger partial charge in [0.15, 0.2) is 0 Å². The maximum Gasteiger partial charge on any atom is 0.234 e. The lowest BCUT2D eigenvalue weighted by Crippen LogP contribution is -1.96. The molecule has 3 nitrogen and oxygen atoms in total. The maximum atomic E-state index is 10.3. The Bertz CT molecular complexity index is 510. The summed E-state index contributed by atoms with van der Waals surface area (Å²) < 4.78 is 0. The van der Waals surface area contributed by atoms with Gasteiger partial charge >= 0.3 is 0 Å². The van der Waals surface area contributed by atoms with Gasteiger partial charge in [0.25, 0.3) is 0 Å². The first-order valence-electron chi connectivity index (χ1n) is 5.43. The number of rotatable bonds is 3. The van der Waals surface area contributed by atoms with Crippen molar-refractivity contribution in [3.63, 3.8) is 0 Å². The Morgan fingerprint density at radius 1 is 1.29 bits per heavy atom. The lowest BCUT2D eigenvalue weighted by Gasteiger charge is -2.10. The average molecular weight is 227 g/mol. The molecule has 1 unspecified atom stereocenters. The van der Waals surface area contributed by atoms with E-state index >= 15 is 0 Å². The molecule has 0 amide bonds. The van der Waals surface area contributed by atoms with Crippen molar-refractivity contribution in [1.29, 1.82) is 0 Å². The van der Waals surface area contributed by atoms with Crippen molar-refractivity contribution in [2.24, 2.45) is 0 Å². The standard InChI is InChI=1S/C14H13NO2/c1-11-5-7-13(8-6-11)14-4-2-3-12(14)9-10-15(16)17/h2-10,14H,1H3/b10-9+. The molecule has 0 spiro atoms. The number of hydrogen-bond donors (Lipinski definition) is 0. The molecular weight excluding hydrogens is 214 g/mol. The fourth-order valence-corrected chi connectivity index (χ4v) is 1.88. The normalized spacial score (nSPS) is 18.6. The Morgan fingerprint density at radius 2 is 2.00 bits per heavy atom. The van der Waals surface area contributed by atoms with Crippen molar-refractivity contribution in [3.8, 4) is 0 Å². The van der Waals surface area contributed by atoms with Gasteiger partial charge in [0.2, 0.25) is 6.20 Å². The van der Waals surface area contributed by atoms with E-state index < -0.39 is 4.92 Å². The molecule has 1 aliphatic rings. The first-order valence-corrected chi connectivity index (χ1v) is 5.43. The van der Waals surface area contributed by atoms with E-state index in [1.54, 1.807) is 6.08 Å². The number of nitro groups is 1. The van der Waals surface area contributed by atoms with Crippen molar-refractivity contribution in [2.75, 3.05) is 0 Å². The van der Waals surface area contributed by atoms with Gasteiger partial charge in [-0.25, -0.2) is 0 Å². The molecule has 0 fully saturated rings. The van der Waals surface area contributed by atoms with E-state index in [0.717, 1.165) is 17.3 Å². The summed E-state index contributed by atoms with van der Waals surface area (Å²) in [6, 6.07) is 8.22. The van der Waals surface area contributed by atoms with Crippen molar-refractivity contribution in [3.05, 3.63) is 81.6 Å². The van der Waals surface area contributed by atoms with E-state index in [9.17, 15) is 10.1 Å². The minimum atomic E-state index is -0.439. The Balaban J connectivity index is 2.21. The van der Waals surface area contributed by atoms with Gasteiger partial charge in [-0.2, -0.15) is 0 Å². The quantitative estimate of drug-likeness (QED) is 0.587. The number of aryl methyl sites for hydroxylation is 1. The van der Waals surface area contributed by atoms with Crippen LogP contribution < -0.4 is 0 Å². The van der Waals surface area contributed by atoms with E-state index in [0.29, 0.717) is 0 Å². The zero-order valence-corrected chi connectivity index (χ0v) is 9.54. The first kappa shape index (κ1) is 11.3. The molecule has 3 heteroatoms. The topological polar surface area (TPSA) is 43.1 Å². The third-order valence-corrected chi connectivity index (χ3v) is 2.78. The highest BCUT2D eigenvalue weighted by Crippen LogP contribution is 2.31. The molecule has 0 saturated carbocycles. The summed E-state index contributed by atoms with van der Waals surface area (Å²) >= 11 is 0. The van der Waals surface area contributed by atoms with Gasteiger partial charge in [-0.3, -0.25) is 10.1 Å². The zero-order chi connectivity index (χ0) is 12.3. The maximum absolute atomic E-state index is 10.3. The molecule has 1 aliphatic carbocycles. The van der Waals surface area contributed by atoms with Crippen LogP contribution in [-0.2, 0) is 0 Å². The van der Waals surface area contributed by atoms with Crippen molar-refractivity contribution < 1.29 is 4.92 Å². The first-order chi connectivity index (χ1) is 8.16. The summed E-state index contributed by atoms with van der Waals surface area (Å²) in [4.78, 5) is 9.88. The summed E-state index contributed by atoms with van der Waals surface area (Å²) in [6.07, 6.45) is 8.43. The Hall–Kier alpha value is -2.16. The van der Waals surface area contributed by atoms with Gasteiger partial charge < -0.3 is 0 Å². The summed E-state index contributed by atoms with van der Waals surface area (Å²) in [5.41, 5.74) is 3.32. The van der Waals surface area contributed by atoms with Gasteiger partial charge in [-0.05, 0) is 18.1 Å². The lowest BCUT2D eigenvalue weighted by molar-refractivity contribution is -0.402. The Morgan fingerprint density at radius 3 is 2.65 bits per heavy atom. The minimum absolute atomic E-state index is 0.131. The van der Waals surface area contributed by atoms with Gasteiger partial charge in [-0.15, -0.1) is 0 Å². The third kappa shape index (κ3) is 2.69. The molecule has 86 valence electrons. The van der Waals surface area contributed by atoms with Crippen LogP contribution in [0.5, 0.6) is 0 Å². The molecule has 0 radical (unpaired) electrons. The molecule has 0 N–H and O–H groups in total. The van der Waals surface area contributed by atoms with Crippen molar-refractivity contribution >= 4 is 0 Å². The number of benzene rings is 1. The van der Waals surface area contributed by atoms with Crippen LogP contribution in [0.4, 0.5) is 0 Å². The molecular formula is C14H13NO2. The van der Waals surface area contributed by atoms with Gasteiger partial charge in [-0.1, -0.05) is 48.1 Å². The second kappa shape index (κ2) is 4.78. The SMILES string of the molecule is Cc1ccc(C2C=CC=C2/C=C/[N+](=O)[O-])cc1. The lowest BCUT2D eigenvalue weighted by atomic mass is 9.93. The molecule has 0 saturated heterocycles. The monoisotopic (exact) mass is 227 g/mol. The number of hydrogen-bond acceptors (Lipinski definition) is 2. The van der Waals surface area contributed by atoms with E-state index in [-0.39, 0.29) is 5.92 Å². The predicted molar refractivity (Wildman–Crippen MR) is 67.3 cm³/mol. The van der Waals surface area contributed by atoms with Crippen LogP contribution in [0, 0.1) is 17.0 Å². The summed E-state index contributed by atoms with van der Waals surface area (Å²) in [7, 11) is 0. The molecule has 0 aromatic heterocycles. The molecule has 17 heavy (non-hydrogen) atoms. The van der Waals surface area contributed by atoms with Crippen molar-refractivity contribution in [2.45, 2.75) is 12.8 Å². The highest BCUT2D eigenvalue weighted by molar-refractivity contribution is 5.45. The third-order valence-electron chi connectivity index (χ3n) is 2.78. The second-order valence-electron chi connectivity index (χ2n) is 4.04. The van der Waals surface area contributed by atoms with E-state index in [1.807, 2.05) is 25.2 Å². The van der Waals surface area contributed by atoms with Crippen LogP contribution in [0.25, 0.3) is 0 Å². The number of allylic oxidation sites excluding steroid dienone is 5. The van der Waals surface area contributed by atoms with Crippen LogP contribution in [0.2, 0.25) is 0 Å². The van der Waals surface area contributed by atoms with Crippen molar-refractivity contribution in [1.82, 2.24) is 0 Å². The largest absolute Gasteiger partial charge is 0.259 e. The van der Waals surface area contributed by atoms with E-state index in [4.69, 9.17) is 0 Å². The van der Waals surface area contributed by atoms with Crippen LogP contribution in [0.1, 0.15) is 17.0 Å². The molecule has 1 aromatic rings. The molecule has 0 heterocycles. The Kier molecular flexibility index (Phi) is 3.19. The van der Waals surface area contributed by atoms with Crippen LogP contribution in [0.15, 0.2) is 60.3 Å². The highest BCUT2D eigenvalue weighted by atomic mass is 16.6. The van der Waals surface area contributed by atoms with E-state index in [2.05, 4.69) is 24.3 Å². The molecule has 1 aromatic carbocycles. The van der Waals surface area contributed by atoms with Gasteiger partial charge in [0.05, 0.1) is 4.92 Å². The summed E-state index contributed by atoms with van der Waals surface area (Å²) in [5.74, 6) is 0.131. The fraction of sp³-hybridized carbons (Fsp3) is 0.143. The van der Waals surface area contributed by atoms with E-state index in [1.165, 1.54) is 5.56 Å². The average Bonchev–Trinajstić information content (AvgIpc) is 2.75. The second-order valence-corrected chi connectivity index (χ2v) is 4.04. The number of nitrogens with zero attached hydrogens (tertiary/aromatic N) is 1. The Labute approximate surface area is 99.9 Å². The molecule has 0 bridgehead atoms. The summed E-state index contributed by atoms with van der Waals surface area (Å²) in [6.45, 7) is 2.04.